The number of hydrogen-bond donors (Lipinski definition) is 1. The van der Waals surface area contributed by atoms with Gasteiger partial charge in [-0.05, 0) is 25.0 Å². The monoisotopic (exact) mass is 249 g/mol. The maximum absolute atomic E-state index is 11.5. The lowest BCUT2D eigenvalue weighted by Crippen LogP contribution is -2.30. The van der Waals surface area contributed by atoms with E-state index >= 15 is 0 Å². The summed E-state index contributed by atoms with van der Waals surface area (Å²) in [4.78, 5) is 11.5. The van der Waals surface area contributed by atoms with Crippen molar-refractivity contribution in [3.05, 3.63) is 18.2 Å². The highest BCUT2D eigenvalue weighted by Gasteiger charge is 2.24. The van der Waals surface area contributed by atoms with Crippen molar-refractivity contribution in [2.75, 3.05) is 19.8 Å². The number of para-hydroxylation sites is 1. The molecule has 1 aliphatic carbocycles. The number of carbonyl (C=O) groups is 1. The summed E-state index contributed by atoms with van der Waals surface area (Å²) in [5, 5.41) is 2.87. The van der Waals surface area contributed by atoms with Crippen LogP contribution >= 0.6 is 0 Å². The molecule has 1 amide bonds. The number of amides is 1. The second kappa shape index (κ2) is 4.76. The zero-order valence-electron chi connectivity index (χ0n) is 9.98. The van der Waals surface area contributed by atoms with Gasteiger partial charge in [-0.3, -0.25) is 4.79 Å². The number of benzene rings is 1. The molecule has 0 spiro atoms. The van der Waals surface area contributed by atoms with Crippen LogP contribution in [0.3, 0.4) is 0 Å². The Morgan fingerprint density at radius 2 is 2.17 bits per heavy atom. The molecule has 1 heterocycles. The van der Waals surface area contributed by atoms with E-state index in [-0.39, 0.29) is 12.5 Å². The fourth-order valence-corrected chi connectivity index (χ4v) is 1.80. The molecule has 2 aliphatic rings. The van der Waals surface area contributed by atoms with E-state index in [1.807, 2.05) is 12.1 Å². The van der Waals surface area contributed by atoms with Crippen LogP contribution in [-0.2, 0) is 4.79 Å². The molecule has 1 aromatic carbocycles. The number of rotatable bonds is 4. The minimum Gasteiger partial charge on any atom is -0.486 e. The highest BCUT2D eigenvalue weighted by Crippen LogP contribution is 2.38. The van der Waals surface area contributed by atoms with Crippen LogP contribution in [-0.4, -0.2) is 31.8 Å². The summed E-state index contributed by atoms with van der Waals surface area (Å²) in [7, 11) is 0. The van der Waals surface area contributed by atoms with Gasteiger partial charge in [-0.1, -0.05) is 6.07 Å². The molecule has 96 valence electrons. The minimum atomic E-state index is -0.0909. The van der Waals surface area contributed by atoms with E-state index in [2.05, 4.69) is 5.32 Å². The second-order valence-electron chi connectivity index (χ2n) is 4.41. The van der Waals surface area contributed by atoms with Crippen molar-refractivity contribution < 1.29 is 19.0 Å². The molecule has 1 saturated carbocycles. The Bertz CT molecular complexity index is 456. The van der Waals surface area contributed by atoms with Crippen LogP contribution in [0.25, 0.3) is 0 Å². The molecule has 1 N–H and O–H groups in total. The van der Waals surface area contributed by atoms with E-state index in [9.17, 15) is 4.79 Å². The molecule has 1 aliphatic heterocycles. The van der Waals surface area contributed by atoms with Crippen LogP contribution in [0.15, 0.2) is 18.2 Å². The van der Waals surface area contributed by atoms with Crippen molar-refractivity contribution in [3.8, 4) is 17.2 Å². The number of ether oxygens (including phenoxy) is 3. The summed E-state index contributed by atoms with van der Waals surface area (Å²) in [6.45, 7) is 1.05. The number of hydrogen-bond acceptors (Lipinski definition) is 4. The minimum absolute atomic E-state index is 0.0102. The zero-order valence-corrected chi connectivity index (χ0v) is 9.98. The quantitative estimate of drug-likeness (QED) is 0.868. The summed E-state index contributed by atoms with van der Waals surface area (Å²) in [5.41, 5.74) is 0. The standard InChI is InChI=1S/C13H15NO4/c15-12(14-9-4-5-9)8-18-11-3-1-2-10-13(11)17-7-6-16-10/h1-3,9H,4-8H2,(H,14,15). The molecular weight excluding hydrogens is 234 g/mol. The first-order valence-corrected chi connectivity index (χ1v) is 6.14. The number of fused-ring (bicyclic) bond motifs is 1. The summed E-state index contributed by atoms with van der Waals surface area (Å²) in [5.74, 6) is 1.72. The first-order chi connectivity index (χ1) is 8.83. The molecule has 0 unspecified atom stereocenters. The van der Waals surface area contributed by atoms with Crippen molar-refractivity contribution in [2.45, 2.75) is 18.9 Å². The van der Waals surface area contributed by atoms with Gasteiger partial charge in [0.05, 0.1) is 0 Å². The Labute approximate surface area is 105 Å². The van der Waals surface area contributed by atoms with Crippen molar-refractivity contribution in [1.82, 2.24) is 5.32 Å². The van der Waals surface area contributed by atoms with Crippen LogP contribution in [0, 0.1) is 0 Å². The van der Waals surface area contributed by atoms with Gasteiger partial charge in [0.15, 0.2) is 18.1 Å². The van der Waals surface area contributed by atoms with E-state index in [0.717, 1.165) is 12.8 Å². The first-order valence-electron chi connectivity index (χ1n) is 6.14. The van der Waals surface area contributed by atoms with Crippen LogP contribution in [0.1, 0.15) is 12.8 Å². The van der Waals surface area contributed by atoms with Crippen molar-refractivity contribution >= 4 is 5.91 Å². The molecule has 0 atom stereocenters. The molecule has 18 heavy (non-hydrogen) atoms. The molecule has 1 fully saturated rings. The molecule has 0 saturated heterocycles. The molecular formula is C13H15NO4. The summed E-state index contributed by atoms with van der Waals surface area (Å²) in [6.07, 6.45) is 2.15. The van der Waals surface area contributed by atoms with Crippen LogP contribution in [0.4, 0.5) is 0 Å². The van der Waals surface area contributed by atoms with E-state index in [4.69, 9.17) is 14.2 Å². The smallest absolute Gasteiger partial charge is 0.258 e. The molecule has 5 nitrogen and oxygen atoms in total. The van der Waals surface area contributed by atoms with Crippen molar-refractivity contribution in [2.24, 2.45) is 0 Å². The Kier molecular flexibility index (Phi) is 2.96. The lowest BCUT2D eigenvalue weighted by molar-refractivity contribution is -0.123. The number of carbonyl (C=O) groups excluding carboxylic acids is 1. The average molecular weight is 249 g/mol. The van der Waals surface area contributed by atoms with Gasteiger partial charge >= 0.3 is 0 Å². The van der Waals surface area contributed by atoms with Crippen LogP contribution in [0.5, 0.6) is 17.2 Å². The fraction of sp³-hybridized carbons (Fsp3) is 0.462. The van der Waals surface area contributed by atoms with E-state index in [1.54, 1.807) is 6.07 Å². The molecule has 0 radical (unpaired) electrons. The van der Waals surface area contributed by atoms with Gasteiger partial charge in [0.25, 0.3) is 5.91 Å². The van der Waals surface area contributed by atoms with Gasteiger partial charge in [-0.15, -0.1) is 0 Å². The van der Waals surface area contributed by atoms with Crippen molar-refractivity contribution in [1.29, 1.82) is 0 Å². The van der Waals surface area contributed by atoms with E-state index in [0.29, 0.717) is 36.5 Å². The van der Waals surface area contributed by atoms with Gasteiger partial charge in [0.2, 0.25) is 5.75 Å². The van der Waals surface area contributed by atoms with Gasteiger partial charge < -0.3 is 19.5 Å². The third-order valence-electron chi connectivity index (χ3n) is 2.83. The highest BCUT2D eigenvalue weighted by atomic mass is 16.6. The lowest BCUT2D eigenvalue weighted by atomic mass is 10.3. The zero-order chi connectivity index (χ0) is 12.4. The van der Waals surface area contributed by atoms with Crippen molar-refractivity contribution in [3.63, 3.8) is 0 Å². The fourth-order valence-electron chi connectivity index (χ4n) is 1.80. The highest BCUT2D eigenvalue weighted by molar-refractivity contribution is 5.78. The Morgan fingerprint density at radius 3 is 3.00 bits per heavy atom. The third-order valence-corrected chi connectivity index (χ3v) is 2.83. The summed E-state index contributed by atoms with van der Waals surface area (Å²) >= 11 is 0. The van der Waals surface area contributed by atoms with E-state index < -0.39 is 0 Å². The Hall–Kier alpha value is -1.91. The second-order valence-corrected chi connectivity index (χ2v) is 4.41. The largest absolute Gasteiger partial charge is 0.486 e. The predicted octanol–water partition coefficient (Wildman–Crippen LogP) is 1.12. The van der Waals surface area contributed by atoms with Crippen LogP contribution in [0.2, 0.25) is 0 Å². The lowest BCUT2D eigenvalue weighted by Gasteiger charge is -2.20. The Morgan fingerprint density at radius 1 is 1.33 bits per heavy atom. The van der Waals surface area contributed by atoms with Gasteiger partial charge in [-0.2, -0.15) is 0 Å². The molecule has 1 aromatic rings. The summed E-state index contributed by atoms with van der Waals surface area (Å²) < 4.78 is 16.4. The van der Waals surface area contributed by atoms with Crippen LogP contribution < -0.4 is 19.5 Å². The van der Waals surface area contributed by atoms with E-state index in [1.165, 1.54) is 0 Å². The predicted molar refractivity (Wildman–Crippen MR) is 64.1 cm³/mol. The average Bonchev–Trinajstić information content (AvgIpc) is 3.20. The first kappa shape index (κ1) is 11.2. The molecule has 0 aromatic heterocycles. The SMILES string of the molecule is O=C(COc1cccc2c1OCCO2)NC1CC1. The number of nitrogens with one attached hydrogen (secondary N) is 1. The maximum Gasteiger partial charge on any atom is 0.258 e. The van der Waals surface area contributed by atoms with Gasteiger partial charge in [0, 0.05) is 6.04 Å². The molecule has 0 bridgehead atoms. The Balaban J connectivity index is 1.63. The molecule has 3 rings (SSSR count). The topological polar surface area (TPSA) is 56.8 Å². The van der Waals surface area contributed by atoms with Gasteiger partial charge in [-0.25, -0.2) is 0 Å². The molecule has 5 heteroatoms. The normalized spacial score (nSPS) is 17.1. The van der Waals surface area contributed by atoms with Gasteiger partial charge in [0.1, 0.15) is 13.2 Å². The summed E-state index contributed by atoms with van der Waals surface area (Å²) in [6, 6.07) is 5.77. The maximum atomic E-state index is 11.5. The third kappa shape index (κ3) is 2.50.